The van der Waals surface area contributed by atoms with E-state index in [2.05, 4.69) is 52.2 Å². The molecule has 126 valence electrons. The molecular weight excluding hydrogens is 300 g/mol. The largest absolute Gasteiger partial charge is 0.455 e. The normalized spacial score (nSPS) is 14.3. The minimum Gasteiger partial charge on any atom is -0.455 e. The van der Waals surface area contributed by atoms with Gasteiger partial charge < -0.3 is 20.3 Å². The van der Waals surface area contributed by atoms with Gasteiger partial charge in [0.1, 0.15) is 17.3 Å². The number of anilines is 2. The summed E-state index contributed by atoms with van der Waals surface area (Å²) >= 11 is 0. The van der Waals surface area contributed by atoms with E-state index < -0.39 is 0 Å². The first-order valence-electron chi connectivity index (χ1n) is 8.25. The molecule has 0 saturated carbocycles. The summed E-state index contributed by atoms with van der Waals surface area (Å²) in [5.74, 6) is 2.37. The highest BCUT2D eigenvalue weighted by atomic mass is 16.5. The van der Waals surface area contributed by atoms with Crippen molar-refractivity contribution in [3.05, 3.63) is 48.2 Å². The van der Waals surface area contributed by atoms with Gasteiger partial charge in [-0.25, -0.2) is 4.98 Å². The second-order valence-electron chi connectivity index (χ2n) is 5.85. The Morgan fingerprint density at radius 3 is 2.79 bits per heavy atom. The molecule has 24 heavy (non-hydrogen) atoms. The van der Waals surface area contributed by atoms with Crippen LogP contribution in [0.3, 0.4) is 0 Å². The van der Waals surface area contributed by atoms with Crippen molar-refractivity contribution >= 4 is 17.6 Å². The van der Waals surface area contributed by atoms with Crippen LogP contribution < -0.4 is 20.3 Å². The van der Waals surface area contributed by atoms with Crippen LogP contribution in [-0.4, -0.2) is 38.2 Å². The SMILES string of the molecule is C=Cc1cc(Oc2cc(N3CCNCC3)ccc2C)cnc1NC. The number of benzene rings is 1. The van der Waals surface area contributed by atoms with E-state index in [9.17, 15) is 0 Å². The molecule has 0 aliphatic carbocycles. The molecule has 0 spiro atoms. The lowest BCUT2D eigenvalue weighted by molar-refractivity contribution is 0.476. The van der Waals surface area contributed by atoms with E-state index in [1.165, 1.54) is 5.69 Å². The first-order valence-corrected chi connectivity index (χ1v) is 8.25. The molecule has 0 atom stereocenters. The predicted octanol–water partition coefficient (Wildman–Crippen LogP) is 3.28. The Morgan fingerprint density at radius 1 is 1.29 bits per heavy atom. The van der Waals surface area contributed by atoms with Crippen LogP contribution in [0, 0.1) is 6.92 Å². The lowest BCUT2D eigenvalue weighted by atomic mass is 10.1. The molecule has 1 fully saturated rings. The molecule has 2 N–H and O–H groups in total. The number of rotatable bonds is 5. The summed E-state index contributed by atoms with van der Waals surface area (Å²) in [7, 11) is 1.84. The number of aromatic nitrogens is 1. The number of piperazine rings is 1. The Kier molecular flexibility index (Phi) is 5.01. The van der Waals surface area contributed by atoms with Gasteiger partial charge in [-0.1, -0.05) is 18.7 Å². The fraction of sp³-hybridized carbons (Fsp3) is 0.316. The average Bonchev–Trinajstić information content (AvgIpc) is 2.64. The van der Waals surface area contributed by atoms with Crippen molar-refractivity contribution in [1.29, 1.82) is 0 Å². The quantitative estimate of drug-likeness (QED) is 0.884. The molecule has 0 bridgehead atoms. The van der Waals surface area contributed by atoms with E-state index >= 15 is 0 Å². The van der Waals surface area contributed by atoms with Crippen molar-refractivity contribution in [2.75, 3.05) is 43.4 Å². The monoisotopic (exact) mass is 324 g/mol. The standard InChI is InChI=1S/C19H24N4O/c1-4-15-11-17(13-22-19(15)20-3)24-18-12-16(6-5-14(18)2)23-9-7-21-8-10-23/h4-6,11-13,21H,1,7-10H2,2-3H3,(H,20,22). The van der Waals surface area contributed by atoms with Crippen molar-refractivity contribution < 1.29 is 4.74 Å². The molecule has 1 aromatic heterocycles. The van der Waals surface area contributed by atoms with Gasteiger partial charge >= 0.3 is 0 Å². The zero-order valence-electron chi connectivity index (χ0n) is 14.3. The van der Waals surface area contributed by atoms with E-state index in [-0.39, 0.29) is 0 Å². The van der Waals surface area contributed by atoms with Gasteiger partial charge in [-0.05, 0) is 24.6 Å². The highest BCUT2D eigenvalue weighted by Gasteiger charge is 2.13. The topological polar surface area (TPSA) is 49.4 Å². The van der Waals surface area contributed by atoms with Crippen molar-refractivity contribution in [3.8, 4) is 11.5 Å². The summed E-state index contributed by atoms with van der Waals surface area (Å²) in [5, 5.41) is 6.43. The maximum atomic E-state index is 6.10. The third-order valence-electron chi connectivity index (χ3n) is 4.23. The molecule has 2 heterocycles. The summed E-state index contributed by atoms with van der Waals surface area (Å²) in [6.07, 6.45) is 3.51. The van der Waals surface area contributed by atoms with Crippen molar-refractivity contribution in [1.82, 2.24) is 10.3 Å². The Balaban J connectivity index is 1.85. The molecule has 1 aliphatic rings. The van der Waals surface area contributed by atoms with Crippen molar-refractivity contribution in [2.24, 2.45) is 0 Å². The second-order valence-corrected chi connectivity index (χ2v) is 5.85. The molecule has 0 amide bonds. The summed E-state index contributed by atoms with van der Waals surface area (Å²) in [6, 6.07) is 8.32. The lowest BCUT2D eigenvalue weighted by Crippen LogP contribution is -2.43. The first-order chi connectivity index (χ1) is 11.7. The van der Waals surface area contributed by atoms with Gasteiger partial charge in [0.15, 0.2) is 0 Å². The fourth-order valence-corrected chi connectivity index (χ4v) is 2.83. The molecule has 5 heteroatoms. The maximum Gasteiger partial charge on any atom is 0.146 e. The summed E-state index contributed by atoms with van der Waals surface area (Å²) in [5.41, 5.74) is 3.22. The number of hydrogen-bond donors (Lipinski definition) is 2. The van der Waals surface area contributed by atoms with Crippen LogP contribution in [0.4, 0.5) is 11.5 Å². The van der Waals surface area contributed by atoms with Crippen LogP contribution in [0.2, 0.25) is 0 Å². The number of hydrogen-bond acceptors (Lipinski definition) is 5. The maximum absolute atomic E-state index is 6.10. The van der Waals surface area contributed by atoms with Gasteiger partial charge in [-0.3, -0.25) is 0 Å². The van der Waals surface area contributed by atoms with E-state index in [1.807, 2.05) is 13.1 Å². The van der Waals surface area contributed by atoms with Crippen LogP contribution in [0.15, 0.2) is 37.0 Å². The third kappa shape index (κ3) is 3.51. The second kappa shape index (κ2) is 7.36. The smallest absolute Gasteiger partial charge is 0.146 e. The molecule has 2 aromatic rings. The Morgan fingerprint density at radius 2 is 2.08 bits per heavy atom. The minimum atomic E-state index is 0.712. The number of nitrogens with zero attached hydrogens (tertiary/aromatic N) is 2. The minimum absolute atomic E-state index is 0.712. The number of aryl methyl sites for hydroxylation is 1. The van der Waals surface area contributed by atoms with E-state index in [0.717, 1.165) is 48.9 Å². The zero-order valence-corrected chi connectivity index (χ0v) is 14.3. The first kappa shape index (κ1) is 16.3. The number of pyridine rings is 1. The zero-order chi connectivity index (χ0) is 16.9. The molecule has 1 aromatic carbocycles. The summed E-state index contributed by atoms with van der Waals surface area (Å²) in [6.45, 7) is 9.95. The summed E-state index contributed by atoms with van der Waals surface area (Å²) < 4.78 is 6.10. The van der Waals surface area contributed by atoms with Gasteiger partial charge in [0, 0.05) is 50.5 Å². The molecule has 5 nitrogen and oxygen atoms in total. The molecule has 0 radical (unpaired) electrons. The van der Waals surface area contributed by atoms with Crippen molar-refractivity contribution in [2.45, 2.75) is 6.92 Å². The fourth-order valence-electron chi connectivity index (χ4n) is 2.83. The molecule has 1 saturated heterocycles. The average molecular weight is 324 g/mol. The Labute approximate surface area is 143 Å². The van der Waals surface area contributed by atoms with Crippen LogP contribution in [0.5, 0.6) is 11.5 Å². The van der Waals surface area contributed by atoms with Crippen LogP contribution in [0.1, 0.15) is 11.1 Å². The van der Waals surface area contributed by atoms with E-state index in [0.29, 0.717) is 5.75 Å². The van der Waals surface area contributed by atoms with Gasteiger partial charge in [0.2, 0.25) is 0 Å². The predicted molar refractivity (Wildman–Crippen MR) is 100 cm³/mol. The van der Waals surface area contributed by atoms with Gasteiger partial charge in [0.25, 0.3) is 0 Å². The lowest BCUT2D eigenvalue weighted by Gasteiger charge is -2.30. The van der Waals surface area contributed by atoms with Crippen LogP contribution >= 0.6 is 0 Å². The number of ether oxygens (including phenoxy) is 1. The Bertz CT molecular complexity index is 723. The Hall–Kier alpha value is -2.53. The van der Waals surface area contributed by atoms with Gasteiger partial charge in [-0.15, -0.1) is 0 Å². The highest BCUT2D eigenvalue weighted by molar-refractivity contribution is 5.63. The highest BCUT2D eigenvalue weighted by Crippen LogP contribution is 2.31. The summed E-state index contributed by atoms with van der Waals surface area (Å²) in [4.78, 5) is 6.76. The van der Waals surface area contributed by atoms with Crippen LogP contribution in [0.25, 0.3) is 6.08 Å². The van der Waals surface area contributed by atoms with Crippen molar-refractivity contribution in [3.63, 3.8) is 0 Å². The van der Waals surface area contributed by atoms with Crippen LogP contribution in [-0.2, 0) is 0 Å². The van der Waals surface area contributed by atoms with E-state index in [4.69, 9.17) is 4.74 Å². The van der Waals surface area contributed by atoms with Gasteiger partial charge in [-0.2, -0.15) is 0 Å². The number of nitrogens with one attached hydrogen (secondary N) is 2. The molecule has 1 aliphatic heterocycles. The van der Waals surface area contributed by atoms with E-state index in [1.54, 1.807) is 12.3 Å². The molecular formula is C19H24N4O. The molecule has 3 rings (SSSR count). The van der Waals surface area contributed by atoms with Gasteiger partial charge in [0.05, 0.1) is 6.20 Å². The molecule has 0 unspecified atom stereocenters. The third-order valence-corrected chi connectivity index (χ3v) is 4.23.